The summed E-state index contributed by atoms with van der Waals surface area (Å²) >= 11 is 0. The van der Waals surface area contributed by atoms with E-state index >= 15 is 0 Å². The van der Waals surface area contributed by atoms with Gasteiger partial charge in [0.15, 0.2) is 0 Å². The van der Waals surface area contributed by atoms with Crippen molar-refractivity contribution >= 4 is 5.91 Å². The average Bonchev–Trinajstić information content (AvgIpc) is 3.16. The number of aryl methyl sites for hydroxylation is 1. The zero-order valence-corrected chi connectivity index (χ0v) is 11.4. The van der Waals surface area contributed by atoms with Crippen molar-refractivity contribution in [1.29, 1.82) is 0 Å². The molecular formula is C15H13N3O3. The molecule has 6 heteroatoms. The van der Waals surface area contributed by atoms with Crippen LogP contribution < -0.4 is 5.32 Å². The molecule has 0 radical (unpaired) electrons. The number of carbonyl (C=O) groups is 1. The Balaban J connectivity index is 1.74. The third-order valence-electron chi connectivity index (χ3n) is 2.91. The fourth-order valence-corrected chi connectivity index (χ4v) is 1.90. The van der Waals surface area contributed by atoms with E-state index in [9.17, 15) is 4.79 Å². The standard InChI is InChI=1S/C15H13N3O3/c1-10-17-14(18-21-10)11-4-2-5-12(8-11)15(19)16-9-13-6-3-7-20-13/h2-8H,9H2,1H3,(H,16,19). The summed E-state index contributed by atoms with van der Waals surface area (Å²) in [7, 11) is 0. The Kier molecular flexibility index (Phi) is 3.51. The molecule has 3 aromatic rings. The summed E-state index contributed by atoms with van der Waals surface area (Å²) in [5.74, 6) is 1.47. The molecular weight excluding hydrogens is 270 g/mol. The predicted molar refractivity (Wildman–Crippen MR) is 74.3 cm³/mol. The summed E-state index contributed by atoms with van der Waals surface area (Å²) in [5.41, 5.74) is 1.26. The van der Waals surface area contributed by atoms with Crippen molar-refractivity contribution in [1.82, 2.24) is 15.5 Å². The van der Waals surface area contributed by atoms with Crippen LogP contribution in [0.4, 0.5) is 0 Å². The van der Waals surface area contributed by atoms with Crippen molar-refractivity contribution in [3.63, 3.8) is 0 Å². The molecule has 0 atom stereocenters. The van der Waals surface area contributed by atoms with Crippen LogP contribution in [0.25, 0.3) is 11.4 Å². The molecule has 2 heterocycles. The van der Waals surface area contributed by atoms with Crippen LogP contribution in [-0.4, -0.2) is 16.0 Å². The Labute approximate surface area is 120 Å². The van der Waals surface area contributed by atoms with Crippen LogP contribution in [0, 0.1) is 6.92 Å². The lowest BCUT2D eigenvalue weighted by Crippen LogP contribution is -2.22. The minimum atomic E-state index is -0.187. The van der Waals surface area contributed by atoms with E-state index in [1.54, 1.807) is 43.5 Å². The summed E-state index contributed by atoms with van der Waals surface area (Å²) in [6.45, 7) is 2.06. The highest BCUT2D eigenvalue weighted by molar-refractivity contribution is 5.95. The largest absolute Gasteiger partial charge is 0.467 e. The van der Waals surface area contributed by atoms with Gasteiger partial charge in [-0.3, -0.25) is 4.79 Å². The van der Waals surface area contributed by atoms with Gasteiger partial charge in [0.05, 0.1) is 12.8 Å². The van der Waals surface area contributed by atoms with Crippen LogP contribution in [0.15, 0.2) is 51.6 Å². The number of hydrogen-bond donors (Lipinski definition) is 1. The Morgan fingerprint density at radius 3 is 2.90 bits per heavy atom. The molecule has 0 saturated carbocycles. The monoisotopic (exact) mass is 283 g/mol. The number of nitrogens with zero attached hydrogens (tertiary/aromatic N) is 2. The van der Waals surface area contributed by atoms with Gasteiger partial charge in [0.25, 0.3) is 5.91 Å². The van der Waals surface area contributed by atoms with E-state index in [1.807, 2.05) is 6.07 Å². The number of furan rings is 1. The van der Waals surface area contributed by atoms with Crippen molar-refractivity contribution in [3.05, 3.63) is 59.9 Å². The van der Waals surface area contributed by atoms with Crippen LogP contribution in [0.2, 0.25) is 0 Å². The lowest BCUT2D eigenvalue weighted by Gasteiger charge is -2.04. The van der Waals surface area contributed by atoms with Crippen molar-refractivity contribution in [2.45, 2.75) is 13.5 Å². The Bertz CT molecular complexity index is 747. The van der Waals surface area contributed by atoms with Crippen molar-refractivity contribution in [2.24, 2.45) is 0 Å². The molecule has 1 amide bonds. The van der Waals surface area contributed by atoms with Crippen LogP contribution in [0.1, 0.15) is 22.0 Å². The van der Waals surface area contributed by atoms with Crippen molar-refractivity contribution in [2.75, 3.05) is 0 Å². The van der Waals surface area contributed by atoms with Gasteiger partial charge in [0.2, 0.25) is 11.7 Å². The topological polar surface area (TPSA) is 81.2 Å². The minimum absolute atomic E-state index is 0.187. The lowest BCUT2D eigenvalue weighted by atomic mass is 10.1. The SMILES string of the molecule is Cc1nc(-c2cccc(C(=O)NCc3ccco3)c2)no1. The quantitative estimate of drug-likeness (QED) is 0.795. The predicted octanol–water partition coefficient (Wildman–Crippen LogP) is 2.57. The molecule has 0 aliphatic heterocycles. The van der Waals surface area contributed by atoms with Crippen LogP contribution in [-0.2, 0) is 6.54 Å². The average molecular weight is 283 g/mol. The molecule has 0 aliphatic rings. The summed E-state index contributed by atoms with van der Waals surface area (Å²) in [5, 5.41) is 6.63. The molecule has 0 unspecified atom stereocenters. The molecule has 0 spiro atoms. The van der Waals surface area contributed by atoms with Gasteiger partial charge in [-0.25, -0.2) is 0 Å². The highest BCUT2D eigenvalue weighted by Crippen LogP contribution is 2.17. The lowest BCUT2D eigenvalue weighted by molar-refractivity contribution is 0.0948. The Morgan fingerprint density at radius 2 is 2.19 bits per heavy atom. The number of nitrogens with one attached hydrogen (secondary N) is 1. The fourth-order valence-electron chi connectivity index (χ4n) is 1.90. The highest BCUT2D eigenvalue weighted by Gasteiger charge is 2.10. The second-order valence-corrected chi connectivity index (χ2v) is 4.48. The summed E-state index contributed by atoms with van der Waals surface area (Å²) in [6, 6.07) is 10.6. The maximum absolute atomic E-state index is 12.1. The second kappa shape index (κ2) is 5.62. The molecule has 3 rings (SSSR count). The molecule has 0 fully saturated rings. The zero-order valence-electron chi connectivity index (χ0n) is 11.4. The van der Waals surface area contributed by atoms with Gasteiger partial charge in [-0.15, -0.1) is 0 Å². The van der Waals surface area contributed by atoms with E-state index in [1.165, 1.54) is 0 Å². The molecule has 0 bridgehead atoms. The van der Waals surface area contributed by atoms with Gasteiger partial charge < -0.3 is 14.3 Å². The van der Waals surface area contributed by atoms with Crippen LogP contribution in [0.3, 0.4) is 0 Å². The van der Waals surface area contributed by atoms with Crippen molar-refractivity contribution < 1.29 is 13.7 Å². The van der Waals surface area contributed by atoms with Gasteiger partial charge >= 0.3 is 0 Å². The normalized spacial score (nSPS) is 10.5. The van der Waals surface area contributed by atoms with E-state index in [4.69, 9.17) is 8.94 Å². The molecule has 1 aromatic carbocycles. The van der Waals surface area contributed by atoms with Gasteiger partial charge in [0, 0.05) is 18.1 Å². The molecule has 0 aliphatic carbocycles. The van der Waals surface area contributed by atoms with E-state index in [-0.39, 0.29) is 5.91 Å². The second-order valence-electron chi connectivity index (χ2n) is 4.48. The van der Waals surface area contributed by atoms with Gasteiger partial charge in [-0.05, 0) is 24.3 Å². The van der Waals surface area contributed by atoms with Gasteiger partial charge in [-0.1, -0.05) is 17.3 Å². The minimum Gasteiger partial charge on any atom is -0.467 e. The summed E-state index contributed by atoms with van der Waals surface area (Å²) < 4.78 is 10.1. The number of benzene rings is 1. The summed E-state index contributed by atoms with van der Waals surface area (Å²) in [6.07, 6.45) is 1.57. The number of aromatic nitrogens is 2. The molecule has 0 saturated heterocycles. The van der Waals surface area contributed by atoms with Crippen LogP contribution in [0.5, 0.6) is 0 Å². The first-order valence-electron chi connectivity index (χ1n) is 6.44. The summed E-state index contributed by atoms with van der Waals surface area (Å²) in [4.78, 5) is 16.3. The number of hydrogen-bond acceptors (Lipinski definition) is 5. The van der Waals surface area contributed by atoms with Crippen molar-refractivity contribution in [3.8, 4) is 11.4 Å². The number of rotatable bonds is 4. The maximum atomic E-state index is 12.1. The first-order valence-corrected chi connectivity index (χ1v) is 6.44. The third kappa shape index (κ3) is 3.00. The zero-order chi connectivity index (χ0) is 14.7. The molecule has 106 valence electrons. The van der Waals surface area contributed by atoms with E-state index in [0.717, 1.165) is 5.56 Å². The Morgan fingerprint density at radius 1 is 1.29 bits per heavy atom. The number of amides is 1. The van der Waals surface area contributed by atoms with Gasteiger partial charge in [-0.2, -0.15) is 4.98 Å². The molecule has 6 nitrogen and oxygen atoms in total. The molecule has 21 heavy (non-hydrogen) atoms. The molecule has 2 aromatic heterocycles. The van der Waals surface area contributed by atoms with E-state index in [2.05, 4.69) is 15.5 Å². The van der Waals surface area contributed by atoms with Gasteiger partial charge in [0.1, 0.15) is 5.76 Å². The first kappa shape index (κ1) is 13.1. The number of carbonyl (C=O) groups excluding carboxylic acids is 1. The fraction of sp³-hybridized carbons (Fsp3) is 0.133. The molecule has 1 N–H and O–H groups in total. The van der Waals surface area contributed by atoms with Crippen LogP contribution >= 0.6 is 0 Å². The maximum Gasteiger partial charge on any atom is 0.251 e. The Hall–Kier alpha value is -2.89. The van der Waals surface area contributed by atoms with E-state index < -0.39 is 0 Å². The highest BCUT2D eigenvalue weighted by atomic mass is 16.5. The van der Waals surface area contributed by atoms with E-state index in [0.29, 0.717) is 29.6 Å². The third-order valence-corrected chi connectivity index (χ3v) is 2.91. The smallest absolute Gasteiger partial charge is 0.251 e. The first-order chi connectivity index (χ1) is 10.2.